The van der Waals surface area contributed by atoms with Gasteiger partial charge in [-0.25, -0.2) is 23.1 Å². The minimum atomic E-state index is -1.12. The van der Waals surface area contributed by atoms with Crippen molar-refractivity contribution in [3.05, 3.63) is 47.5 Å². The predicted octanol–water partition coefficient (Wildman–Crippen LogP) is 1.90. The number of rotatable bonds is 3. The van der Waals surface area contributed by atoms with Crippen LogP contribution in [0, 0.1) is 23.0 Å². The van der Waals surface area contributed by atoms with Crippen molar-refractivity contribution < 1.29 is 13.2 Å². The van der Waals surface area contributed by atoms with Crippen molar-refractivity contribution in [2.75, 3.05) is 18.0 Å². The second kappa shape index (κ2) is 7.09. The van der Waals surface area contributed by atoms with Gasteiger partial charge >= 0.3 is 0 Å². The summed E-state index contributed by atoms with van der Waals surface area (Å²) in [6.45, 7) is 0.674. The molecular formula is C18H16F3N7. The van der Waals surface area contributed by atoms with Gasteiger partial charge in [0.1, 0.15) is 23.6 Å². The summed E-state index contributed by atoms with van der Waals surface area (Å²) >= 11 is 0. The zero-order chi connectivity index (χ0) is 19.8. The summed E-state index contributed by atoms with van der Waals surface area (Å²) in [6, 6.07) is 3.14. The van der Waals surface area contributed by atoms with Gasteiger partial charge in [-0.2, -0.15) is 5.26 Å². The summed E-state index contributed by atoms with van der Waals surface area (Å²) in [5, 5.41) is 8.85. The van der Waals surface area contributed by atoms with Crippen LogP contribution in [0.25, 0.3) is 11.0 Å². The van der Waals surface area contributed by atoms with Gasteiger partial charge in [0.25, 0.3) is 0 Å². The van der Waals surface area contributed by atoms with E-state index in [1.807, 2.05) is 6.07 Å². The largest absolute Gasteiger partial charge is 0.340 e. The highest BCUT2D eigenvalue weighted by Gasteiger charge is 2.30. The number of imidazole rings is 1. The molecule has 1 saturated heterocycles. The van der Waals surface area contributed by atoms with E-state index in [0.717, 1.165) is 6.07 Å². The lowest BCUT2D eigenvalue weighted by atomic mass is 10.1. The third-order valence-corrected chi connectivity index (χ3v) is 4.75. The maximum absolute atomic E-state index is 14.3. The molecule has 7 nitrogen and oxygen atoms in total. The number of hydrogen-bond donors (Lipinski definition) is 1. The molecule has 2 N–H and O–H groups in total. The first-order chi connectivity index (χ1) is 13.5. The topological polar surface area (TPSA) is 96.7 Å². The number of halogens is 3. The number of nitrogens with zero attached hydrogens (tertiary/aromatic N) is 6. The third kappa shape index (κ3) is 3.25. The highest BCUT2D eigenvalue weighted by Crippen LogP contribution is 2.28. The zero-order valence-electron chi connectivity index (χ0n) is 14.7. The maximum Gasteiger partial charge on any atom is 0.207 e. The maximum atomic E-state index is 14.3. The van der Waals surface area contributed by atoms with Crippen LogP contribution in [0.3, 0.4) is 0 Å². The minimum Gasteiger partial charge on any atom is -0.340 e. The highest BCUT2D eigenvalue weighted by molar-refractivity contribution is 5.80. The Kier molecular flexibility index (Phi) is 4.60. The molecule has 144 valence electrons. The van der Waals surface area contributed by atoms with Gasteiger partial charge in [-0.1, -0.05) is 0 Å². The van der Waals surface area contributed by atoms with E-state index in [2.05, 4.69) is 15.0 Å². The highest BCUT2D eigenvalue weighted by atomic mass is 19.1. The molecule has 1 fully saturated rings. The molecule has 0 radical (unpaired) electrons. The molecule has 3 heterocycles. The van der Waals surface area contributed by atoms with Crippen molar-refractivity contribution in [3.8, 4) is 6.07 Å². The van der Waals surface area contributed by atoms with E-state index in [9.17, 15) is 13.2 Å². The summed E-state index contributed by atoms with van der Waals surface area (Å²) in [6.07, 6.45) is 1.84. The van der Waals surface area contributed by atoms with Crippen LogP contribution in [0.2, 0.25) is 0 Å². The number of piperidine rings is 1. The van der Waals surface area contributed by atoms with Gasteiger partial charge in [-0.05, 0) is 6.42 Å². The molecule has 2 atom stereocenters. The van der Waals surface area contributed by atoms with Crippen molar-refractivity contribution in [2.24, 2.45) is 5.73 Å². The fraction of sp³-hybridized carbons (Fsp3) is 0.333. The average molecular weight is 387 g/mol. The summed E-state index contributed by atoms with van der Waals surface area (Å²) in [5.74, 6) is -1.17. The number of hydrogen-bond acceptors (Lipinski definition) is 6. The molecular weight excluding hydrogens is 371 g/mol. The Hall–Kier alpha value is -3.19. The van der Waals surface area contributed by atoms with Crippen LogP contribution in [0.4, 0.5) is 19.1 Å². The van der Waals surface area contributed by atoms with Crippen molar-refractivity contribution in [2.45, 2.75) is 25.2 Å². The van der Waals surface area contributed by atoms with Crippen molar-refractivity contribution >= 4 is 17.0 Å². The Morgan fingerprint density at radius 3 is 2.75 bits per heavy atom. The van der Waals surface area contributed by atoms with Crippen LogP contribution in [0.5, 0.6) is 0 Å². The fourth-order valence-corrected chi connectivity index (χ4v) is 3.33. The van der Waals surface area contributed by atoms with E-state index >= 15 is 0 Å². The SMILES string of the molecule is N#Cc1cnc(Cn2c(N3CC[C@@H](F)[C@H](N)C3)nc3c(F)cc(F)cc32)cn1. The third-order valence-electron chi connectivity index (χ3n) is 4.75. The molecule has 10 heteroatoms. The van der Waals surface area contributed by atoms with Crippen LogP contribution in [-0.2, 0) is 6.54 Å². The molecule has 2 aromatic heterocycles. The van der Waals surface area contributed by atoms with E-state index in [0.29, 0.717) is 18.2 Å². The van der Waals surface area contributed by atoms with Crippen LogP contribution in [-0.4, -0.2) is 44.8 Å². The number of nitrogens with two attached hydrogens (primary N) is 1. The van der Waals surface area contributed by atoms with Crippen LogP contribution < -0.4 is 10.6 Å². The molecule has 4 rings (SSSR count). The van der Waals surface area contributed by atoms with Gasteiger partial charge < -0.3 is 15.2 Å². The van der Waals surface area contributed by atoms with Gasteiger partial charge in [0.2, 0.25) is 5.95 Å². The molecule has 0 saturated carbocycles. The number of nitriles is 1. The number of fused-ring (bicyclic) bond motifs is 1. The fourth-order valence-electron chi connectivity index (χ4n) is 3.33. The summed E-state index contributed by atoms with van der Waals surface area (Å²) < 4.78 is 43.5. The Morgan fingerprint density at radius 2 is 2.07 bits per heavy atom. The molecule has 0 spiro atoms. The van der Waals surface area contributed by atoms with Gasteiger partial charge in [-0.15, -0.1) is 0 Å². The smallest absolute Gasteiger partial charge is 0.207 e. The van der Waals surface area contributed by atoms with Crippen LogP contribution >= 0.6 is 0 Å². The number of benzene rings is 1. The molecule has 0 unspecified atom stereocenters. The monoisotopic (exact) mass is 387 g/mol. The molecule has 3 aromatic rings. The molecule has 1 aromatic carbocycles. The van der Waals surface area contributed by atoms with Gasteiger partial charge in [0, 0.05) is 25.2 Å². The minimum absolute atomic E-state index is 0.00828. The normalized spacial score (nSPS) is 19.8. The van der Waals surface area contributed by atoms with Crippen molar-refractivity contribution in [3.63, 3.8) is 0 Å². The summed E-state index contributed by atoms with van der Waals surface area (Å²) in [7, 11) is 0. The summed E-state index contributed by atoms with van der Waals surface area (Å²) in [5.41, 5.74) is 6.74. The number of aromatic nitrogens is 4. The second-order valence-corrected chi connectivity index (χ2v) is 6.67. The Morgan fingerprint density at radius 1 is 1.25 bits per heavy atom. The second-order valence-electron chi connectivity index (χ2n) is 6.67. The molecule has 0 aliphatic carbocycles. The molecule has 1 aliphatic rings. The lowest BCUT2D eigenvalue weighted by molar-refractivity contribution is 0.243. The van der Waals surface area contributed by atoms with Gasteiger partial charge in [0.15, 0.2) is 11.5 Å². The Balaban J connectivity index is 1.80. The molecule has 28 heavy (non-hydrogen) atoms. The zero-order valence-corrected chi connectivity index (χ0v) is 14.7. The van der Waals surface area contributed by atoms with E-state index in [-0.39, 0.29) is 36.2 Å². The van der Waals surface area contributed by atoms with Gasteiger partial charge in [0.05, 0.1) is 36.2 Å². The molecule has 0 bridgehead atoms. The Bertz CT molecular complexity index is 1060. The van der Waals surface area contributed by atoms with E-state index < -0.39 is 23.8 Å². The van der Waals surface area contributed by atoms with E-state index in [4.69, 9.17) is 11.0 Å². The predicted molar refractivity (Wildman–Crippen MR) is 95.2 cm³/mol. The first-order valence-corrected chi connectivity index (χ1v) is 8.67. The first kappa shape index (κ1) is 18.2. The van der Waals surface area contributed by atoms with E-state index in [1.54, 1.807) is 9.47 Å². The number of alkyl halides is 1. The standard InChI is InChI=1S/C18H16F3N7/c19-10-3-14(21)17-16(4-10)28(8-12-7-24-11(5-22)6-25-12)18(26-17)27-2-1-13(20)15(23)9-27/h3-4,6-7,13,15H,1-2,8-9,23H2/t13-,15-/m1/s1. The molecule has 1 aliphatic heterocycles. The van der Waals surface area contributed by atoms with E-state index in [1.165, 1.54) is 18.5 Å². The Labute approximate surface area is 158 Å². The lowest BCUT2D eigenvalue weighted by Gasteiger charge is -2.34. The number of anilines is 1. The first-order valence-electron chi connectivity index (χ1n) is 8.67. The van der Waals surface area contributed by atoms with Crippen LogP contribution in [0.1, 0.15) is 17.8 Å². The molecule has 0 amide bonds. The average Bonchev–Trinajstić information content (AvgIpc) is 3.03. The van der Waals surface area contributed by atoms with Crippen molar-refractivity contribution in [1.82, 2.24) is 19.5 Å². The van der Waals surface area contributed by atoms with Gasteiger partial charge in [-0.3, -0.25) is 4.98 Å². The van der Waals surface area contributed by atoms with Crippen LogP contribution in [0.15, 0.2) is 24.5 Å². The summed E-state index contributed by atoms with van der Waals surface area (Å²) in [4.78, 5) is 14.2. The quantitative estimate of drug-likeness (QED) is 0.737. The van der Waals surface area contributed by atoms with Crippen molar-refractivity contribution in [1.29, 1.82) is 5.26 Å². The lowest BCUT2D eigenvalue weighted by Crippen LogP contribution is -2.50.